The second-order valence-electron chi connectivity index (χ2n) is 6.29. The van der Waals surface area contributed by atoms with Gasteiger partial charge in [-0.05, 0) is 13.0 Å². The summed E-state index contributed by atoms with van der Waals surface area (Å²) in [7, 11) is 0. The molecule has 0 bridgehead atoms. The van der Waals surface area contributed by atoms with Crippen molar-refractivity contribution >= 4 is 17.8 Å². The van der Waals surface area contributed by atoms with Gasteiger partial charge in [0.1, 0.15) is 0 Å². The summed E-state index contributed by atoms with van der Waals surface area (Å²) in [5.41, 5.74) is -3.57. The molecule has 12 nitrogen and oxygen atoms in total. The number of carboxylic acids is 2. The number of nitrogens with one attached hydrogen (secondary N) is 2. The van der Waals surface area contributed by atoms with E-state index < -0.39 is 59.9 Å². The van der Waals surface area contributed by atoms with Crippen molar-refractivity contribution in [2.75, 3.05) is 6.54 Å². The summed E-state index contributed by atoms with van der Waals surface area (Å²) in [5.74, 6) is -4.27. The topological polar surface area (TPSA) is 188 Å². The van der Waals surface area contributed by atoms with Gasteiger partial charge in [0.15, 0.2) is 11.8 Å². The van der Waals surface area contributed by atoms with Crippen molar-refractivity contribution in [1.82, 2.24) is 14.9 Å². The van der Waals surface area contributed by atoms with Crippen molar-refractivity contribution in [3.8, 4) is 0 Å². The van der Waals surface area contributed by atoms with E-state index in [1.165, 1.54) is 10.6 Å². The molecule has 0 aliphatic carbocycles. The predicted molar refractivity (Wildman–Crippen MR) is 91.6 cm³/mol. The van der Waals surface area contributed by atoms with E-state index in [4.69, 9.17) is 14.9 Å². The summed E-state index contributed by atoms with van der Waals surface area (Å²) in [6, 6.07) is 1.23. The van der Waals surface area contributed by atoms with E-state index in [-0.39, 0.29) is 6.54 Å². The van der Waals surface area contributed by atoms with Crippen LogP contribution in [-0.4, -0.2) is 61.0 Å². The van der Waals surface area contributed by atoms with Gasteiger partial charge < -0.3 is 25.4 Å². The lowest BCUT2D eigenvalue weighted by atomic mass is 9.95. The third-order valence-electron chi connectivity index (χ3n) is 4.02. The zero-order valence-corrected chi connectivity index (χ0v) is 14.7. The first kappa shape index (κ1) is 21.1. The number of amides is 1. The highest BCUT2D eigenvalue weighted by Crippen LogP contribution is 2.20. The Hall–Kier alpha value is -3.25. The summed E-state index contributed by atoms with van der Waals surface area (Å²) in [4.78, 5) is 58.9. The van der Waals surface area contributed by atoms with Crippen LogP contribution in [-0.2, 0) is 19.1 Å². The van der Waals surface area contributed by atoms with Gasteiger partial charge in [-0.3, -0.25) is 23.9 Å². The Labute approximate surface area is 157 Å². The number of carbonyl (C=O) groups is 3. The van der Waals surface area contributed by atoms with E-state index in [9.17, 15) is 29.1 Å². The standard InChI is InChI=1S/C16H19N3O9/c1-8-4-10(20)18-15(26)19(8)12-3-2-9(28-12)7-17-11(21)5-16(27,14(24)25)6-13(22)23/h2-4,9,12,27H,5-7H2,1H3,(H,17,21)(H,22,23)(H,24,25)(H,18,20,26)/t9-,12+,16?/m0/s1. The van der Waals surface area contributed by atoms with Crippen LogP contribution in [0.1, 0.15) is 24.8 Å². The first-order chi connectivity index (χ1) is 13.0. The Bertz CT molecular complexity index is 932. The summed E-state index contributed by atoms with van der Waals surface area (Å²) in [6.07, 6.45) is -0.456. The number of carboxylic acid groups (broad SMARTS) is 2. The molecule has 1 aliphatic rings. The molecule has 12 heteroatoms. The molecule has 152 valence electrons. The van der Waals surface area contributed by atoms with E-state index >= 15 is 0 Å². The van der Waals surface area contributed by atoms with Gasteiger partial charge in [0.25, 0.3) is 5.56 Å². The molecule has 1 amide bonds. The highest BCUT2D eigenvalue weighted by molar-refractivity contribution is 5.90. The van der Waals surface area contributed by atoms with Crippen molar-refractivity contribution < 1.29 is 34.4 Å². The van der Waals surface area contributed by atoms with E-state index in [2.05, 4.69) is 10.3 Å². The SMILES string of the molecule is Cc1cc(=O)[nH]c(=O)n1[C@H]1C=C[C@@H](CNC(=O)CC(O)(CC(=O)O)C(=O)O)O1. The van der Waals surface area contributed by atoms with Crippen LogP contribution in [0.4, 0.5) is 0 Å². The Kier molecular flexibility index (Phi) is 6.16. The van der Waals surface area contributed by atoms with Crippen LogP contribution in [0.25, 0.3) is 0 Å². The lowest BCUT2D eigenvalue weighted by Gasteiger charge is -2.21. The normalized spacial score (nSPS) is 20.5. The molecule has 1 unspecified atom stereocenters. The zero-order valence-electron chi connectivity index (χ0n) is 14.7. The number of rotatable bonds is 8. The fraction of sp³-hybridized carbons (Fsp3) is 0.438. The van der Waals surface area contributed by atoms with Crippen molar-refractivity contribution in [3.05, 3.63) is 44.8 Å². The number of aliphatic hydroxyl groups is 1. The average molecular weight is 397 g/mol. The molecule has 5 N–H and O–H groups in total. The first-order valence-corrected chi connectivity index (χ1v) is 8.12. The second-order valence-corrected chi connectivity index (χ2v) is 6.29. The van der Waals surface area contributed by atoms with Crippen molar-refractivity contribution in [2.24, 2.45) is 0 Å². The van der Waals surface area contributed by atoms with Crippen LogP contribution in [0, 0.1) is 6.92 Å². The van der Waals surface area contributed by atoms with Gasteiger partial charge in [0.05, 0.1) is 18.9 Å². The van der Waals surface area contributed by atoms with E-state index in [0.717, 1.165) is 0 Å². The number of ether oxygens (including phenoxy) is 1. The molecule has 1 aromatic heterocycles. The largest absolute Gasteiger partial charge is 0.481 e. The molecule has 1 aliphatic heterocycles. The van der Waals surface area contributed by atoms with Gasteiger partial charge in [-0.2, -0.15) is 0 Å². The summed E-state index contributed by atoms with van der Waals surface area (Å²) in [5, 5.41) is 29.8. The maximum Gasteiger partial charge on any atom is 0.336 e. The van der Waals surface area contributed by atoms with E-state index in [1.54, 1.807) is 19.1 Å². The molecule has 2 heterocycles. The summed E-state index contributed by atoms with van der Waals surface area (Å²) >= 11 is 0. The zero-order chi connectivity index (χ0) is 21.1. The number of hydrogen-bond acceptors (Lipinski definition) is 7. The van der Waals surface area contributed by atoms with Gasteiger partial charge in [-0.15, -0.1) is 0 Å². The first-order valence-electron chi connectivity index (χ1n) is 8.12. The van der Waals surface area contributed by atoms with Crippen molar-refractivity contribution in [2.45, 2.75) is 37.7 Å². The fourth-order valence-corrected chi connectivity index (χ4v) is 2.70. The van der Waals surface area contributed by atoms with Gasteiger partial charge in [-0.1, -0.05) is 6.08 Å². The molecule has 0 aromatic carbocycles. The maximum atomic E-state index is 11.9. The molecule has 0 saturated heterocycles. The van der Waals surface area contributed by atoms with Gasteiger partial charge in [0.2, 0.25) is 5.91 Å². The summed E-state index contributed by atoms with van der Waals surface area (Å²) in [6.45, 7) is 1.45. The second kappa shape index (κ2) is 8.19. The predicted octanol–water partition coefficient (Wildman–Crippen LogP) is -1.90. The Morgan fingerprint density at radius 2 is 1.93 bits per heavy atom. The number of nitrogens with zero attached hydrogens (tertiary/aromatic N) is 1. The van der Waals surface area contributed by atoms with Crippen LogP contribution < -0.4 is 16.6 Å². The highest BCUT2D eigenvalue weighted by atomic mass is 16.5. The highest BCUT2D eigenvalue weighted by Gasteiger charge is 2.40. The number of H-pyrrole nitrogens is 1. The van der Waals surface area contributed by atoms with Gasteiger partial charge >= 0.3 is 17.6 Å². The fourth-order valence-electron chi connectivity index (χ4n) is 2.70. The Morgan fingerprint density at radius 1 is 1.25 bits per heavy atom. The molecule has 3 atom stereocenters. The van der Waals surface area contributed by atoms with Gasteiger partial charge in [-0.25, -0.2) is 9.59 Å². The van der Waals surface area contributed by atoms with Gasteiger partial charge in [0, 0.05) is 18.3 Å². The Balaban J connectivity index is 1.95. The number of aryl methyl sites for hydroxylation is 1. The van der Waals surface area contributed by atoms with Crippen LogP contribution in [0.5, 0.6) is 0 Å². The van der Waals surface area contributed by atoms with E-state index in [1.807, 2.05) is 0 Å². The number of aromatic nitrogens is 2. The lowest BCUT2D eigenvalue weighted by Crippen LogP contribution is -2.46. The summed E-state index contributed by atoms with van der Waals surface area (Å²) < 4.78 is 6.79. The minimum absolute atomic E-state index is 0.105. The van der Waals surface area contributed by atoms with Crippen molar-refractivity contribution in [1.29, 1.82) is 0 Å². The molecule has 0 spiro atoms. The van der Waals surface area contributed by atoms with Crippen molar-refractivity contribution in [3.63, 3.8) is 0 Å². The minimum Gasteiger partial charge on any atom is -0.481 e. The molecular formula is C16H19N3O9. The molecule has 0 radical (unpaired) electrons. The van der Waals surface area contributed by atoms with E-state index in [0.29, 0.717) is 5.69 Å². The van der Waals surface area contributed by atoms with Crippen LogP contribution >= 0.6 is 0 Å². The molecule has 2 rings (SSSR count). The molecular weight excluding hydrogens is 378 g/mol. The molecule has 0 saturated carbocycles. The Morgan fingerprint density at radius 3 is 2.50 bits per heavy atom. The lowest BCUT2D eigenvalue weighted by molar-refractivity contribution is -0.167. The third kappa shape index (κ3) is 4.92. The number of carbonyl (C=O) groups excluding carboxylic acids is 1. The maximum absolute atomic E-state index is 11.9. The van der Waals surface area contributed by atoms with Crippen LogP contribution in [0.15, 0.2) is 27.8 Å². The quantitative estimate of drug-likeness (QED) is 0.312. The monoisotopic (exact) mass is 397 g/mol. The molecule has 0 fully saturated rings. The minimum atomic E-state index is -2.73. The van der Waals surface area contributed by atoms with Crippen LogP contribution in [0.3, 0.4) is 0 Å². The average Bonchev–Trinajstić information content (AvgIpc) is 2.99. The molecule has 28 heavy (non-hydrogen) atoms. The number of aliphatic carboxylic acids is 2. The number of aromatic amines is 1. The smallest absolute Gasteiger partial charge is 0.336 e. The molecule has 1 aromatic rings. The number of hydrogen-bond donors (Lipinski definition) is 5. The third-order valence-corrected chi connectivity index (χ3v) is 4.02. The van der Waals surface area contributed by atoms with Crippen LogP contribution in [0.2, 0.25) is 0 Å².